The molecule has 1 aliphatic heterocycles. The van der Waals surface area contributed by atoms with Gasteiger partial charge in [-0.25, -0.2) is 0 Å². The van der Waals surface area contributed by atoms with Crippen LogP contribution in [0.15, 0.2) is 22.7 Å². The lowest BCUT2D eigenvalue weighted by atomic mass is 9.76. The first kappa shape index (κ1) is 17.0. The second-order valence-corrected chi connectivity index (χ2v) is 9.04. The minimum atomic E-state index is -0.394. The fourth-order valence-corrected chi connectivity index (χ4v) is 4.31. The van der Waals surface area contributed by atoms with Gasteiger partial charge in [-0.2, -0.15) is 0 Å². The van der Waals surface area contributed by atoms with Crippen LogP contribution < -0.4 is 0 Å². The Morgan fingerprint density at radius 3 is 2.52 bits per heavy atom. The summed E-state index contributed by atoms with van der Waals surface area (Å²) in [6, 6.07) is 6.69. The predicted molar refractivity (Wildman–Crippen MR) is 95.5 cm³/mol. The number of rotatable bonds is 2. The van der Waals surface area contributed by atoms with E-state index in [1.807, 2.05) is 20.8 Å². The molecule has 3 rings (SSSR count). The molecule has 0 aromatic heterocycles. The number of benzene rings is 1. The smallest absolute Gasteiger partial charge is 0.320 e. The van der Waals surface area contributed by atoms with Gasteiger partial charge >= 0.3 is 5.97 Å². The van der Waals surface area contributed by atoms with Crippen molar-refractivity contribution >= 4 is 21.9 Å². The number of esters is 1. The Bertz CT molecular complexity index is 598. The first-order valence-corrected chi connectivity index (χ1v) is 9.26. The summed E-state index contributed by atoms with van der Waals surface area (Å²) in [5.41, 5.74) is 3.02. The molecule has 0 radical (unpaired) electrons. The zero-order chi connectivity index (χ0) is 16.7. The van der Waals surface area contributed by atoms with Crippen molar-refractivity contribution in [3.05, 3.63) is 33.8 Å². The number of piperidine rings is 1. The lowest BCUT2D eigenvalue weighted by Gasteiger charge is -2.39. The molecule has 1 heterocycles. The van der Waals surface area contributed by atoms with Crippen LogP contribution >= 0.6 is 15.9 Å². The lowest BCUT2D eigenvalue weighted by Crippen LogP contribution is -2.44. The highest BCUT2D eigenvalue weighted by Gasteiger charge is 2.40. The van der Waals surface area contributed by atoms with Crippen molar-refractivity contribution in [3.8, 4) is 0 Å². The van der Waals surface area contributed by atoms with E-state index in [4.69, 9.17) is 4.74 Å². The van der Waals surface area contributed by atoms with Crippen molar-refractivity contribution in [3.63, 3.8) is 0 Å². The van der Waals surface area contributed by atoms with Crippen LogP contribution in [-0.4, -0.2) is 36.1 Å². The van der Waals surface area contributed by atoms with E-state index in [1.165, 1.54) is 41.3 Å². The highest BCUT2D eigenvalue weighted by atomic mass is 79.9. The fourth-order valence-electron chi connectivity index (χ4n) is 3.90. The van der Waals surface area contributed by atoms with E-state index in [0.29, 0.717) is 12.0 Å². The van der Waals surface area contributed by atoms with Gasteiger partial charge in [-0.05, 0) is 88.2 Å². The van der Waals surface area contributed by atoms with E-state index in [2.05, 4.69) is 39.0 Å². The van der Waals surface area contributed by atoms with Gasteiger partial charge < -0.3 is 4.74 Å². The number of halogens is 1. The standard InChI is InChI=1S/C19H26BrNO2/c1-18(2,3)23-17(22)13-21-8-6-19(7-9-21)11-14-4-5-16(20)10-15(14)12-19/h4-5,10H,6-9,11-13H2,1-3H3. The Morgan fingerprint density at radius 2 is 1.87 bits per heavy atom. The maximum absolute atomic E-state index is 12.0. The van der Waals surface area contributed by atoms with E-state index in [1.54, 1.807) is 0 Å². The Labute approximate surface area is 147 Å². The molecule has 126 valence electrons. The number of hydrogen-bond donors (Lipinski definition) is 0. The zero-order valence-corrected chi connectivity index (χ0v) is 15.9. The van der Waals surface area contributed by atoms with Gasteiger partial charge in [0.1, 0.15) is 5.60 Å². The van der Waals surface area contributed by atoms with E-state index >= 15 is 0 Å². The van der Waals surface area contributed by atoms with Crippen LogP contribution in [0.2, 0.25) is 0 Å². The molecule has 1 aromatic carbocycles. The quantitative estimate of drug-likeness (QED) is 0.728. The van der Waals surface area contributed by atoms with Crippen molar-refractivity contribution in [1.29, 1.82) is 0 Å². The molecule has 1 aliphatic carbocycles. The van der Waals surface area contributed by atoms with Gasteiger partial charge in [-0.3, -0.25) is 9.69 Å². The first-order valence-electron chi connectivity index (χ1n) is 8.46. The highest BCUT2D eigenvalue weighted by molar-refractivity contribution is 9.10. The number of likely N-dealkylation sites (tertiary alicyclic amines) is 1. The average Bonchev–Trinajstić information content (AvgIpc) is 2.77. The summed E-state index contributed by atoms with van der Waals surface area (Å²) < 4.78 is 6.61. The van der Waals surface area contributed by atoms with Crippen LogP contribution in [0.1, 0.15) is 44.7 Å². The summed E-state index contributed by atoms with van der Waals surface area (Å²) in [5, 5.41) is 0. The first-order chi connectivity index (χ1) is 10.7. The van der Waals surface area contributed by atoms with Crippen LogP contribution in [0.5, 0.6) is 0 Å². The third-order valence-electron chi connectivity index (χ3n) is 4.99. The third-order valence-corrected chi connectivity index (χ3v) is 5.48. The minimum Gasteiger partial charge on any atom is -0.459 e. The van der Waals surface area contributed by atoms with Crippen LogP contribution in [0.4, 0.5) is 0 Å². The molecule has 1 spiro atoms. The maximum atomic E-state index is 12.0. The molecular formula is C19H26BrNO2. The molecule has 2 aliphatic rings. The molecule has 4 heteroatoms. The predicted octanol–water partition coefficient (Wildman–Crippen LogP) is 3.97. The Balaban J connectivity index is 1.55. The molecular weight excluding hydrogens is 354 g/mol. The SMILES string of the molecule is CC(C)(C)OC(=O)CN1CCC2(CC1)Cc1ccc(Br)cc1C2. The summed E-state index contributed by atoms with van der Waals surface area (Å²) in [4.78, 5) is 14.2. The lowest BCUT2D eigenvalue weighted by molar-refractivity contribution is -0.156. The third kappa shape index (κ3) is 4.16. The molecule has 0 amide bonds. The van der Waals surface area contributed by atoms with E-state index in [-0.39, 0.29) is 5.97 Å². The highest BCUT2D eigenvalue weighted by Crippen LogP contribution is 2.45. The van der Waals surface area contributed by atoms with Crippen molar-refractivity contribution in [2.75, 3.05) is 19.6 Å². The summed E-state index contributed by atoms with van der Waals surface area (Å²) in [7, 11) is 0. The van der Waals surface area contributed by atoms with E-state index < -0.39 is 5.60 Å². The molecule has 0 atom stereocenters. The van der Waals surface area contributed by atoms with Gasteiger partial charge in [-0.15, -0.1) is 0 Å². The Hall–Kier alpha value is -0.870. The van der Waals surface area contributed by atoms with E-state index in [0.717, 1.165) is 13.1 Å². The number of carbonyl (C=O) groups excluding carboxylic acids is 1. The summed E-state index contributed by atoms with van der Waals surface area (Å²) in [6.45, 7) is 8.17. The molecule has 1 aromatic rings. The number of ether oxygens (including phenoxy) is 1. The molecule has 0 N–H and O–H groups in total. The fraction of sp³-hybridized carbons (Fsp3) is 0.632. The van der Waals surface area contributed by atoms with Crippen LogP contribution in [0.3, 0.4) is 0 Å². The normalized spacial score (nSPS) is 20.5. The van der Waals surface area contributed by atoms with Crippen LogP contribution in [0.25, 0.3) is 0 Å². The second-order valence-electron chi connectivity index (χ2n) is 8.13. The molecule has 0 unspecified atom stereocenters. The number of carbonyl (C=O) groups is 1. The van der Waals surface area contributed by atoms with Gasteiger partial charge in [0.15, 0.2) is 0 Å². The van der Waals surface area contributed by atoms with Crippen molar-refractivity contribution in [2.24, 2.45) is 5.41 Å². The van der Waals surface area contributed by atoms with Crippen molar-refractivity contribution in [1.82, 2.24) is 4.90 Å². The molecule has 0 bridgehead atoms. The van der Waals surface area contributed by atoms with Crippen LogP contribution in [0, 0.1) is 5.41 Å². The second kappa shape index (κ2) is 6.21. The van der Waals surface area contributed by atoms with E-state index in [9.17, 15) is 4.79 Å². The molecule has 1 saturated heterocycles. The molecule has 23 heavy (non-hydrogen) atoms. The molecule has 0 saturated carbocycles. The molecule has 1 fully saturated rings. The summed E-state index contributed by atoms with van der Waals surface area (Å²) >= 11 is 3.58. The number of hydrogen-bond acceptors (Lipinski definition) is 3. The van der Waals surface area contributed by atoms with Gasteiger partial charge in [0.2, 0.25) is 0 Å². The average molecular weight is 380 g/mol. The Kier molecular flexibility index (Phi) is 4.58. The maximum Gasteiger partial charge on any atom is 0.320 e. The van der Waals surface area contributed by atoms with Gasteiger partial charge in [0.25, 0.3) is 0 Å². The topological polar surface area (TPSA) is 29.5 Å². The monoisotopic (exact) mass is 379 g/mol. The largest absolute Gasteiger partial charge is 0.459 e. The summed E-state index contributed by atoms with van der Waals surface area (Å²) in [6.07, 6.45) is 4.71. The number of nitrogens with zero attached hydrogens (tertiary/aromatic N) is 1. The minimum absolute atomic E-state index is 0.105. The molecule has 3 nitrogen and oxygen atoms in total. The van der Waals surface area contributed by atoms with Crippen molar-refractivity contribution in [2.45, 2.75) is 52.1 Å². The Morgan fingerprint density at radius 1 is 1.22 bits per heavy atom. The van der Waals surface area contributed by atoms with Gasteiger partial charge in [-0.1, -0.05) is 22.0 Å². The summed E-state index contributed by atoms with van der Waals surface area (Å²) in [5.74, 6) is -0.105. The van der Waals surface area contributed by atoms with Crippen molar-refractivity contribution < 1.29 is 9.53 Å². The zero-order valence-electron chi connectivity index (χ0n) is 14.3. The van der Waals surface area contributed by atoms with Crippen LogP contribution in [-0.2, 0) is 22.4 Å². The van der Waals surface area contributed by atoms with Gasteiger partial charge in [0.05, 0.1) is 6.54 Å². The number of fused-ring (bicyclic) bond motifs is 1. The van der Waals surface area contributed by atoms with Gasteiger partial charge in [0, 0.05) is 4.47 Å².